The lowest BCUT2D eigenvalue weighted by Gasteiger charge is -2.36. The number of aryl methyl sites for hydroxylation is 1. The Morgan fingerprint density at radius 2 is 1.62 bits per heavy atom. The number of imide groups is 1. The molecule has 1 aliphatic rings. The van der Waals surface area contributed by atoms with E-state index in [9.17, 15) is 9.59 Å². The molecule has 0 aromatic heterocycles. The Labute approximate surface area is 243 Å². The molecule has 2 aromatic rings. The maximum atomic E-state index is 13.3. The van der Waals surface area contributed by atoms with Crippen LogP contribution in [0.4, 0.5) is 10.5 Å². The van der Waals surface area contributed by atoms with Crippen molar-refractivity contribution in [2.75, 3.05) is 18.1 Å². The molecule has 0 N–H and O–H groups in total. The normalized spacial score (nSPS) is 15.1. The first kappa shape index (κ1) is 31.2. The minimum absolute atomic E-state index is 0.132. The molecule has 9 heteroatoms. The van der Waals surface area contributed by atoms with Crippen molar-refractivity contribution in [3.8, 4) is 5.75 Å². The van der Waals surface area contributed by atoms with Crippen molar-refractivity contribution >= 4 is 54.8 Å². The van der Waals surface area contributed by atoms with E-state index in [1.54, 1.807) is 45.0 Å². The molecule has 0 saturated heterocycles. The molecule has 0 bridgehead atoms. The predicted octanol–water partition coefficient (Wildman–Crippen LogP) is 8.69. The second-order valence-corrected chi connectivity index (χ2v) is 17.8. The fourth-order valence-electron chi connectivity index (χ4n) is 3.87. The van der Waals surface area contributed by atoms with E-state index in [1.807, 2.05) is 18.2 Å². The summed E-state index contributed by atoms with van der Waals surface area (Å²) in [7, 11) is -1.85. The Hall–Kier alpha value is -2.32. The molecule has 3 rings (SSSR count). The SMILES string of the molecule is CC(C)(C)OC(=O)N1C(=O)C(=CCCc2cc(Cl)ccc2OCCO[Si](C)(C)C(C)(C)C)c2ccc(Cl)cc21. The number of halogens is 2. The molecular formula is C30H39Cl2NO5Si. The van der Waals surface area contributed by atoms with E-state index >= 15 is 0 Å². The molecule has 1 heterocycles. The zero-order valence-electron chi connectivity index (χ0n) is 24.1. The van der Waals surface area contributed by atoms with Gasteiger partial charge in [-0.3, -0.25) is 4.79 Å². The third-order valence-corrected chi connectivity index (χ3v) is 11.9. The monoisotopic (exact) mass is 591 g/mol. The molecule has 39 heavy (non-hydrogen) atoms. The highest BCUT2D eigenvalue weighted by Gasteiger charge is 2.39. The molecule has 0 aliphatic carbocycles. The van der Waals surface area contributed by atoms with Crippen LogP contribution in [-0.4, -0.2) is 39.1 Å². The number of hydrogen-bond donors (Lipinski definition) is 0. The van der Waals surface area contributed by atoms with Crippen LogP contribution in [0.5, 0.6) is 5.75 Å². The van der Waals surface area contributed by atoms with E-state index in [1.165, 1.54) is 0 Å². The Kier molecular flexibility index (Phi) is 9.64. The number of hydrogen-bond acceptors (Lipinski definition) is 5. The van der Waals surface area contributed by atoms with Gasteiger partial charge in [0.1, 0.15) is 18.0 Å². The molecule has 6 nitrogen and oxygen atoms in total. The predicted molar refractivity (Wildman–Crippen MR) is 162 cm³/mol. The third kappa shape index (κ3) is 7.88. The van der Waals surface area contributed by atoms with Crippen molar-refractivity contribution in [1.29, 1.82) is 0 Å². The van der Waals surface area contributed by atoms with E-state index < -0.39 is 25.9 Å². The Morgan fingerprint density at radius 3 is 2.26 bits per heavy atom. The summed E-state index contributed by atoms with van der Waals surface area (Å²) in [5.74, 6) is 0.295. The van der Waals surface area contributed by atoms with Crippen LogP contribution >= 0.6 is 23.2 Å². The van der Waals surface area contributed by atoms with Gasteiger partial charge in [0.25, 0.3) is 5.91 Å². The van der Waals surface area contributed by atoms with Gasteiger partial charge in [0.15, 0.2) is 8.32 Å². The van der Waals surface area contributed by atoms with E-state index in [0.29, 0.717) is 52.9 Å². The summed E-state index contributed by atoms with van der Waals surface area (Å²) < 4.78 is 17.8. The maximum Gasteiger partial charge on any atom is 0.422 e. The largest absolute Gasteiger partial charge is 0.491 e. The van der Waals surface area contributed by atoms with Crippen molar-refractivity contribution in [1.82, 2.24) is 0 Å². The Bertz CT molecular complexity index is 1260. The number of benzene rings is 2. The van der Waals surface area contributed by atoms with Crippen LogP contribution in [0.1, 0.15) is 59.1 Å². The standard InChI is InChI=1S/C30H39Cl2NO5Si/c1-29(2,3)38-28(35)33-25-19-22(32)12-14-23(25)24(27(33)34)11-9-10-20-18-21(31)13-15-26(20)36-16-17-37-39(7,8)30(4,5)6/h11-15,18-19H,9-10,16-17H2,1-8H3. The summed E-state index contributed by atoms with van der Waals surface area (Å²) in [5.41, 5.74) is 1.67. The first-order valence-electron chi connectivity index (χ1n) is 13.1. The maximum absolute atomic E-state index is 13.3. The first-order chi connectivity index (χ1) is 18.0. The number of fused-ring (bicyclic) bond motifs is 1. The summed E-state index contributed by atoms with van der Waals surface area (Å²) in [5, 5.41) is 1.16. The number of rotatable bonds is 8. The van der Waals surface area contributed by atoms with Crippen LogP contribution in [0.3, 0.4) is 0 Å². The zero-order valence-corrected chi connectivity index (χ0v) is 26.6. The highest BCUT2D eigenvalue weighted by Crippen LogP contribution is 2.40. The second-order valence-electron chi connectivity index (χ2n) is 12.1. The number of allylic oxidation sites excluding steroid dienone is 1. The lowest BCUT2D eigenvalue weighted by atomic mass is 10.0. The number of nitrogens with zero attached hydrogens (tertiary/aromatic N) is 1. The van der Waals surface area contributed by atoms with E-state index in [0.717, 1.165) is 16.2 Å². The van der Waals surface area contributed by atoms with Crippen LogP contribution in [0.2, 0.25) is 28.2 Å². The fourth-order valence-corrected chi connectivity index (χ4v) is 5.26. The molecule has 0 radical (unpaired) electrons. The van der Waals surface area contributed by atoms with Gasteiger partial charge < -0.3 is 13.9 Å². The minimum atomic E-state index is -1.85. The quantitative estimate of drug-likeness (QED) is 0.174. The summed E-state index contributed by atoms with van der Waals surface area (Å²) in [4.78, 5) is 27.3. The van der Waals surface area contributed by atoms with Gasteiger partial charge in [-0.1, -0.05) is 56.1 Å². The Morgan fingerprint density at radius 1 is 0.974 bits per heavy atom. The van der Waals surface area contributed by atoms with Crippen molar-refractivity contribution in [3.63, 3.8) is 0 Å². The van der Waals surface area contributed by atoms with Gasteiger partial charge in [0.2, 0.25) is 0 Å². The van der Waals surface area contributed by atoms with Crippen LogP contribution in [0.25, 0.3) is 5.57 Å². The van der Waals surface area contributed by atoms with Crippen LogP contribution in [0.15, 0.2) is 42.5 Å². The molecule has 1 aliphatic heterocycles. The molecule has 0 atom stereocenters. The zero-order chi connectivity index (χ0) is 29.2. The van der Waals surface area contributed by atoms with Crippen LogP contribution < -0.4 is 9.64 Å². The summed E-state index contributed by atoms with van der Waals surface area (Å²) >= 11 is 12.5. The lowest BCUT2D eigenvalue weighted by Crippen LogP contribution is -2.41. The highest BCUT2D eigenvalue weighted by atomic mass is 35.5. The van der Waals surface area contributed by atoms with E-state index in [4.69, 9.17) is 37.1 Å². The molecule has 0 fully saturated rings. The number of anilines is 1. The first-order valence-corrected chi connectivity index (χ1v) is 16.8. The van der Waals surface area contributed by atoms with Gasteiger partial charge in [0.05, 0.1) is 12.3 Å². The summed E-state index contributed by atoms with van der Waals surface area (Å²) in [6.45, 7) is 17.3. The molecule has 2 amide bonds. The van der Waals surface area contributed by atoms with Gasteiger partial charge >= 0.3 is 6.09 Å². The van der Waals surface area contributed by atoms with Gasteiger partial charge in [-0.25, -0.2) is 9.69 Å². The number of amides is 2. The van der Waals surface area contributed by atoms with Crippen LogP contribution in [0, 0.1) is 0 Å². The van der Waals surface area contributed by atoms with Gasteiger partial charge in [-0.05, 0) is 87.6 Å². The summed E-state index contributed by atoms with van der Waals surface area (Å²) in [6.07, 6.45) is 2.23. The number of ether oxygens (including phenoxy) is 2. The van der Waals surface area contributed by atoms with Crippen molar-refractivity contribution in [3.05, 3.63) is 63.6 Å². The highest BCUT2D eigenvalue weighted by molar-refractivity contribution is 6.74. The third-order valence-electron chi connectivity index (χ3n) is 6.90. The average Bonchev–Trinajstić information content (AvgIpc) is 3.06. The molecule has 0 spiro atoms. The fraction of sp³-hybridized carbons (Fsp3) is 0.467. The second kappa shape index (κ2) is 12.0. The van der Waals surface area contributed by atoms with Gasteiger partial charge in [0, 0.05) is 21.2 Å². The molecule has 0 unspecified atom stereocenters. The van der Waals surface area contributed by atoms with Gasteiger partial charge in [-0.15, -0.1) is 0 Å². The van der Waals surface area contributed by atoms with Crippen LogP contribution in [-0.2, 0) is 20.4 Å². The van der Waals surface area contributed by atoms with Crippen molar-refractivity contribution in [2.45, 2.75) is 78.1 Å². The molecule has 2 aromatic carbocycles. The molecule has 0 saturated carbocycles. The molecular weight excluding hydrogens is 553 g/mol. The van der Waals surface area contributed by atoms with Gasteiger partial charge in [-0.2, -0.15) is 0 Å². The summed E-state index contributed by atoms with van der Waals surface area (Å²) in [6, 6.07) is 10.6. The van der Waals surface area contributed by atoms with E-state index in [2.05, 4.69) is 33.9 Å². The lowest BCUT2D eigenvalue weighted by molar-refractivity contribution is -0.112. The van der Waals surface area contributed by atoms with Crippen molar-refractivity contribution in [2.24, 2.45) is 0 Å². The smallest absolute Gasteiger partial charge is 0.422 e. The number of carbonyl (C=O) groups is 2. The minimum Gasteiger partial charge on any atom is -0.491 e. The molecule has 212 valence electrons. The van der Waals surface area contributed by atoms with Crippen molar-refractivity contribution < 1.29 is 23.5 Å². The topological polar surface area (TPSA) is 65.1 Å². The van der Waals surface area contributed by atoms with E-state index in [-0.39, 0.29) is 5.04 Å². The Balaban J connectivity index is 1.74. The number of carbonyl (C=O) groups excluding carboxylic acids is 2. The average molecular weight is 593 g/mol.